The Labute approximate surface area is 113 Å². The average Bonchev–Trinajstić information content (AvgIpc) is 2.96. The standard InChI is InChI=1S/C12H10ClN5O/c1-7-8(4-5-19-7)9-6-11(14)18(17-9)12-3-2-10(13)15-16-12/h2-6H,14H2,1H3. The van der Waals surface area contributed by atoms with Crippen LogP contribution in [0.2, 0.25) is 5.15 Å². The van der Waals surface area contributed by atoms with Crippen LogP contribution in [-0.2, 0) is 0 Å². The fourth-order valence-corrected chi connectivity index (χ4v) is 1.88. The van der Waals surface area contributed by atoms with Gasteiger partial charge in [-0.2, -0.15) is 9.78 Å². The number of hydrogen-bond acceptors (Lipinski definition) is 5. The van der Waals surface area contributed by atoms with Gasteiger partial charge in [0.25, 0.3) is 0 Å². The lowest BCUT2D eigenvalue weighted by atomic mass is 10.2. The number of aromatic nitrogens is 4. The van der Waals surface area contributed by atoms with Crippen LogP contribution in [0, 0.1) is 6.92 Å². The Morgan fingerprint density at radius 3 is 2.74 bits per heavy atom. The summed E-state index contributed by atoms with van der Waals surface area (Å²) < 4.78 is 6.76. The van der Waals surface area contributed by atoms with Gasteiger partial charge in [0.15, 0.2) is 11.0 Å². The minimum absolute atomic E-state index is 0.320. The minimum Gasteiger partial charge on any atom is -0.469 e. The van der Waals surface area contributed by atoms with E-state index in [0.29, 0.717) is 16.8 Å². The Morgan fingerprint density at radius 1 is 1.26 bits per heavy atom. The van der Waals surface area contributed by atoms with Gasteiger partial charge in [0, 0.05) is 11.6 Å². The molecule has 0 fully saturated rings. The Bertz CT molecular complexity index is 716. The third-order valence-electron chi connectivity index (χ3n) is 2.71. The summed E-state index contributed by atoms with van der Waals surface area (Å²) in [5, 5.41) is 12.4. The fraction of sp³-hybridized carbons (Fsp3) is 0.0833. The van der Waals surface area contributed by atoms with E-state index in [0.717, 1.165) is 17.0 Å². The second-order valence-electron chi connectivity index (χ2n) is 3.97. The summed E-state index contributed by atoms with van der Waals surface area (Å²) in [7, 11) is 0. The minimum atomic E-state index is 0.320. The van der Waals surface area contributed by atoms with E-state index >= 15 is 0 Å². The molecule has 0 aliphatic heterocycles. The second kappa shape index (κ2) is 4.40. The summed E-state index contributed by atoms with van der Waals surface area (Å²) in [6.07, 6.45) is 1.61. The molecule has 0 bridgehead atoms. The van der Waals surface area contributed by atoms with Gasteiger partial charge < -0.3 is 10.2 Å². The van der Waals surface area contributed by atoms with Gasteiger partial charge in [-0.05, 0) is 25.1 Å². The number of furan rings is 1. The van der Waals surface area contributed by atoms with Crippen molar-refractivity contribution in [2.45, 2.75) is 6.92 Å². The molecule has 3 aromatic heterocycles. The van der Waals surface area contributed by atoms with Crippen LogP contribution >= 0.6 is 11.6 Å². The quantitative estimate of drug-likeness (QED) is 0.777. The van der Waals surface area contributed by atoms with Crippen molar-refractivity contribution >= 4 is 17.4 Å². The first-order valence-electron chi connectivity index (χ1n) is 5.55. The molecule has 96 valence electrons. The number of hydrogen-bond donors (Lipinski definition) is 1. The number of nitrogens with two attached hydrogens (primary N) is 1. The van der Waals surface area contributed by atoms with Gasteiger partial charge in [-0.3, -0.25) is 0 Å². The van der Waals surface area contributed by atoms with Gasteiger partial charge in [-0.1, -0.05) is 11.6 Å². The van der Waals surface area contributed by atoms with E-state index in [2.05, 4.69) is 15.3 Å². The SMILES string of the molecule is Cc1occc1-c1cc(N)n(-c2ccc(Cl)nn2)n1. The topological polar surface area (TPSA) is 82.8 Å². The number of nitrogens with zero attached hydrogens (tertiary/aromatic N) is 4. The Balaban J connectivity index is 2.07. The van der Waals surface area contributed by atoms with E-state index in [-0.39, 0.29) is 0 Å². The molecule has 0 aliphatic rings. The molecule has 6 nitrogen and oxygen atoms in total. The van der Waals surface area contributed by atoms with E-state index in [9.17, 15) is 0 Å². The molecule has 0 aromatic carbocycles. The second-order valence-corrected chi connectivity index (χ2v) is 4.36. The maximum atomic E-state index is 5.94. The first-order chi connectivity index (χ1) is 9.15. The van der Waals surface area contributed by atoms with E-state index in [1.54, 1.807) is 24.5 Å². The predicted octanol–water partition coefficient (Wildman–Crippen LogP) is 2.47. The van der Waals surface area contributed by atoms with Crippen LogP contribution in [0.15, 0.2) is 34.9 Å². The molecule has 3 rings (SSSR count). The van der Waals surface area contributed by atoms with Crippen LogP contribution in [0.3, 0.4) is 0 Å². The number of halogens is 1. The van der Waals surface area contributed by atoms with Crippen molar-refractivity contribution < 1.29 is 4.42 Å². The molecule has 0 spiro atoms. The highest BCUT2D eigenvalue weighted by atomic mass is 35.5. The van der Waals surface area contributed by atoms with Crippen molar-refractivity contribution in [2.24, 2.45) is 0 Å². The Hall–Kier alpha value is -2.34. The lowest BCUT2D eigenvalue weighted by Crippen LogP contribution is -2.04. The lowest BCUT2D eigenvalue weighted by Gasteiger charge is -2.00. The highest BCUT2D eigenvalue weighted by Gasteiger charge is 2.13. The molecule has 19 heavy (non-hydrogen) atoms. The van der Waals surface area contributed by atoms with Crippen molar-refractivity contribution in [3.8, 4) is 17.1 Å². The zero-order valence-electron chi connectivity index (χ0n) is 10.0. The first kappa shape index (κ1) is 11.7. The fourth-order valence-electron chi connectivity index (χ4n) is 1.78. The Morgan fingerprint density at radius 2 is 2.11 bits per heavy atom. The van der Waals surface area contributed by atoms with Crippen molar-refractivity contribution in [1.29, 1.82) is 0 Å². The van der Waals surface area contributed by atoms with Crippen LogP contribution in [0.25, 0.3) is 17.1 Å². The zero-order chi connectivity index (χ0) is 13.4. The van der Waals surface area contributed by atoms with Crippen LogP contribution in [0.1, 0.15) is 5.76 Å². The molecule has 0 unspecified atom stereocenters. The highest BCUT2D eigenvalue weighted by molar-refractivity contribution is 6.29. The molecule has 0 saturated heterocycles. The van der Waals surface area contributed by atoms with Gasteiger partial charge in [0.05, 0.1) is 12.0 Å². The van der Waals surface area contributed by atoms with Crippen LogP contribution < -0.4 is 5.73 Å². The largest absolute Gasteiger partial charge is 0.469 e. The average molecular weight is 276 g/mol. The summed E-state index contributed by atoms with van der Waals surface area (Å²) in [4.78, 5) is 0. The third-order valence-corrected chi connectivity index (χ3v) is 2.91. The molecule has 3 heterocycles. The summed E-state index contributed by atoms with van der Waals surface area (Å²) in [5.74, 6) is 1.76. The van der Waals surface area contributed by atoms with Crippen molar-refractivity contribution in [1.82, 2.24) is 20.0 Å². The normalized spacial score (nSPS) is 10.8. The molecule has 0 amide bonds. The maximum Gasteiger partial charge on any atom is 0.178 e. The number of anilines is 1. The van der Waals surface area contributed by atoms with Gasteiger partial charge in [-0.25, -0.2) is 0 Å². The van der Waals surface area contributed by atoms with E-state index in [1.165, 1.54) is 4.68 Å². The summed E-state index contributed by atoms with van der Waals surface area (Å²) in [6.45, 7) is 1.87. The number of aryl methyl sites for hydroxylation is 1. The van der Waals surface area contributed by atoms with Gasteiger partial charge in [-0.15, -0.1) is 10.2 Å². The maximum absolute atomic E-state index is 5.94. The van der Waals surface area contributed by atoms with E-state index < -0.39 is 0 Å². The van der Waals surface area contributed by atoms with Crippen LogP contribution in [0.4, 0.5) is 5.82 Å². The summed E-state index contributed by atoms with van der Waals surface area (Å²) >= 11 is 5.70. The first-order valence-corrected chi connectivity index (χ1v) is 5.92. The van der Waals surface area contributed by atoms with Crippen LogP contribution in [0.5, 0.6) is 0 Å². The van der Waals surface area contributed by atoms with Crippen molar-refractivity contribution in [3.05, 3.63) is 41.4 Å². The predicted molar refractivity (Wildman–Crippen MR) is 71.0 cm³/mol. The van der Waals surface area contributed by atoms with E-state index in [1.807, 2.05) is 13.0 Å². The Kier molecular flexibility index (Phi) is 2.72. The van der Waals surface area contributed by atoms with Gasteiger partial charge in [0.1, 0.15) is 11.6 Å². The molecule has 7 heteroatoms. The summed E-state index contributed by atoms with van der Waals surface area (Å²) in [6, 6.07) is 6.93. The van der Waals surface area contributed by atoms with Gasteiger partial charge in [0.2, 0.25) is 0 Å². The zero-order valence-corrected chi connectivity index (χ0v) is 10.8. The van der Waals surface area contributed by atoms with Crippen molar-refractivity contribution in [2.75, 3.05) is 5.73 Å². The number of rotatable bonds is 2. The van der Waals surface area contributed by atoms with Gasteiger partial charge >= 0.3 is 0 Å². The molecule has 0 atom stereocenters. The molecule has 0 saturated carbocycles. The monoisotopic (exact) mass is 275 g/mol. The number of nitrogen functional groups attached to an aromatic ring is 1. The molecule has 0 radical (unpaired) electrons. The third kappa shape index (κ3) is 2.06. The van der Waals surface area contributed by atoms with Crippen molar-refractivity contribution in [3.63, 3.8) is 0 Å². The molecule has 3 aromatic rings. The van der Waals surface area contributed by atoms with Crippen LogP contribution in [-0.4, -0.2) is 20.0 Å². The molecular formula is C12H10ClN5O. The lowest BCUT2D eigenvalue weighted by molar-refractivity contribution is 0.535. The molecular weight excluding hydrogens is 266 g/mol. The highest BCUT2D eigenvalue weighted by Crippen LogP contribution is 2.25. The molecule has 2 N–H and O–H groups in total. The molecule has 0 aliphatic carbocycles. The van der Waals surface area contributed by atoms with E-state index in [4.69, 9.17) is 21.8 Å². The smallest absolute Gasteiger partial charge is 0.178 e. The summed E-state index contributed by atoms with van der Waals surface area (Å²) in [5.41, 5.74) is 7.56.